The maximum atomic E-state index is 11.7. The molecule has 0 bridgehead atoms. The van der Waals surface area contributed by atoms with Crippen LogP contribution in [0.1, 0.15) is 19.4 Å². The number of aliphatic hydroxyl groups excluding tert-OH is 1. The molecule has 0 aliphatic rings. The Morgan fingerprint density at radius 1 is 1.44 bits per heavy atom. The number of methoxy groups -OCH3 is 1. The van der Waals surface area contributed by atoms with Crippen LogP contribution in [0.2, 0.25) is 0 Å². The maximum Gasteiger partial charge on any atom is 0.254 e. The lowest BCUT2D eigenvalue weighted by Crippen LogP contribution is -2.51. The van der Waals surface area contributed by atoms with Gasteiger partial charge in [-0.05, 0) is 31.5 Å². The van der Waals surface area contributed by atoms with Gasteiger partial charge in [0.2, 0.25) is 0 Å². The first-order chi connectivity index (χ1) is 8.37. The predicted molar refractivity (Wildman–Crippen MR) is 67.1 cm³/mol. The average Bonchev–Trinajstić information content (AvgIpc) is 2.36. The first-order valence-corrected chi connectivity index (χ1v) is 5.69. The number of aliphatic hydroxyl groups is 2. The molecule has 0 saturated carbocycles. The summed E-state index contributed by atoms with van der Waals surface area (Å²) in [7, 11) is 1.58. The summed E-state index contributed by atoms with van der Waals surface area (Å²) in [5.41, 5.74) is -0.905. The van der Waals surface area contributed by atoms with E-state index in [1.54, 1.807) is 19.2 Å². The van der Waals surface area contributed by atoms with Crippen LogP contribution in [-0.4, -0.2) is 34.9 Å². The van der Waals surface area contributed by atoms with Gasteiger partial charge in [0, 0.05) is 6.54 Å². The third-order valence-electron chi connectivity index (χ3n) is 2.89. The second kappa shape index (κ2) is 5.84. The minimum atomic E-state index is -1.79. The van der Waals surface area contributed by atoms with Gasteiger partial charge in [0.15, 0.2) is 5.60 Å². The number of ether oxygens (including phenoxy) is 1. The lowest BCUT2D eigenvalue weighted by atomic mass is 9.99. The summed E-state index contributed by atoms with van der Waals surface area (Å²) in [4.78, 5) is 11.7. The molecule has 1 rings (SSSR count). The van der Waals surface area contributed by atoms with Crippen LogP contribution in [0, 0.1) is 0 Å². The van der Waals surface area contributed by atoms with Crippen LogP contribution in [0.3, 0.4) is 0 Å². The molecule has 3 N–H and O–H groups in total. The highest BCUT2D eigenvalue weighted by Gasteiger charge is 2.35. The maximum absolute atomic E-state index is 11.7. The van der Waals surface area contributed by atoms with E-state index in [-0.39, 0.29) is 6.54 Å². The minimum absolute atomic E-state index is 0.283. The number of rotatable bonds is 5. The van der Waals surface area contributed by atoms with Gasteiger partial charge >= 0.3 is 0 Å². The Morgan fingerprint density at radius 2 is 2.00 bits per heavy atom. The minimum Gasteiger partial charge on any atom is -0.497 e. The van der Waals surface area contributed by atoms with Crippen molar-refractivity contribution in [2.45, 2.75) is 32.1 Å². The Kier molecular flexibility index (Phi) is 4.69. The van der Waals surface area contributed by atoms with Crippen LogP contribution in [0.15, 0.2) is 24.3 Å². The van der Waals surface area contributed by atoms with Gasteiger partial charge in [-0.2, -0.15) is 0 Å². The molecule has 0 fully saturated rings. The van der Waals surface area contributed by atoms with Gasteiger partial charge < -0.3 is 20.3 Å². The monoisotopic (exact) mass is 253 g/mol. The highest BCUT2D eigenvalue weighted by molar-refractivity contribution is 5.85. The highest BCUT2D eigenvalue weighted by Crippen LogP contribution is 2.12. The average molecular weight is 253 g/mol. The second-order valence-electron chi connectivity index (χ2n) is 4.35. The molecule has 5 nitrogen and oxygen atoms in total. The lowest BCUT2D eigenvalue weighted by molar-refractivity contribution is -0.148. The van der Waals surface area contributed by atoms with Gasteiger partial charge in [-0.25, -0.2) is 0 Å². The van der Waals surface area contributed by atoms with E-state index in [2.05, 4.69) is 5.32 Å². The van der Waals surface area contributed by atoms with Crippen molar-refractivity contribution in [3.63, 3.8) is 0 Å². The molecule has 1 amide bonds. The number of benzene rings is 1. The predicted octanol–water partition coefficient (Wildman–Crippen LogP) is 0.443. The zero-order valence-electron chi connectivity index (χ0n) is 10.8. The molecule has 0 aliphatic heterocycles. The molecule has 0 heterocycles. The van der Waals surface area contributed by atoms with Gasteiger partial charge in [0.05, 0.1) is 13.2 Å². The van der Waals surface area contributed by atoms with Crippen molar-refractivity contribution in [1.82, 2.24) is 5.32 Å². The van der Waals surface area contributed by atoms with Gasteiger partial charge in [-0.3, -0.25) is 4.79 Å². The van der Waals surface area contributed by atoms with Crippen molar-refractivity contribution in [3.05, 3.63) is 29.8 Å². The zero-order chi connectivity index (χ0) is 13.8. The number of amides is 1. The summed E-state index contributed by atoms with van der Waals surface area (Å²) < 4.78 is 5.02. The molecule has 1 aromatic carbocycles. The summed E-state index contributed by atoms with van der Waals surface area (Å²) in [5, 5.41) is 21.6. The van der Waals surface area contributed by atoms with Gasteiger partial charge in [-0.15, -0.1) is 0 Å². The van der Waals surface area contributed by atoms with E-state index in [0.717, 1.165) is 11.3 Å². The molecular weight excluding hydrogens is 234 g/mol. The fraction of sp³-hybridized carbons (Fsp3) is 0.462. The zero-order valence-corrected chi connectivity index (χ0v) is 10.8. The first-order valence-electron chi connectivity index (χ1n) is 5.69. The van der Waals surface area contributed by atoms with Crippen LogP contribution in [0.25, 0.3) is 0 Å². The van der Waals surface area contributed by atoms with Gasteiger partial charge in [-0.1, -0.05) is 12.1 Å². The van der Waals surface area contributed by atoms with E-state index < -0.39 is 17.6 Å². The quantitative estimate of drug-likeness (QED) is 0.711. The third-order valence-corrected chi connectivity index (χ3v) is 2.89. The molecule has 0 unspecified atom stereocenters. The normalized spacial score (nSPS) is 15.6. The molecular formula is C13H19NO4. The topological polar surface area (TPSA) is 78.8 Å². The molecule has 0 radical (unpaired) electrons. The highest BCUT2D eigenvalue weighted by atomic mass is 16.5. The number of hydrogen-bond acceptors (Lipinski definition) is 4. The second-order valence-corrected chi connectivity index (χ2v) is 4.35. The smallest absolute Gasteiger partial charge is 0.254 e. The molecule has 100 valence electrons. The standard InChI is InChI=1S/C13H19NO4/c1-9(15)13(2,17)12(16)14-8-10-4-6-11(18-3)7-5-10/h4-7,9,15,17H,8H2,1-3H3,(H,14,16)/t9-,13+/m1/s1. The fourth-order valence-corrected chi connectivity index (χ4v) is 1.29. The first kappa shape index (κ1) is 14.5. The molecule has 0 spiro atoms. The van der Waals surface area contributed by atoms with Crippen LogP contribution >= 0.6 is 0 Å². The molecule has 5 heteroatoms. The van der Waals surface area contributed by atoms with Gasteiger partial charge in [0.1, 0.15) is 5.75 Å². The number of nitrogens with one attached hydrogen (secondary N) is 1. The van der Waals surface area contributed by atoms with E-state index in [1.165, 1.54) is 13.8 Å². The summed E-state index contributed by atoms with van der Waals surface area (Å²) in [6.07, 6.45) is -1.13. The van der Waals surface area contributed by atoms with E-state index in [1.807, 2.05) is 12.1 Å². The Balaban J connectivity index is 2.57. The SMILES string of the molecule is COc1ccc(CNC(=O)[C@@](C)(O)[C@@H](C)O)cc1. The van der Waals surface area contributed by atoms with Crippen molar-refractivity contribution < 1.29 is 19.7 Å². The van der Waals surface area contributed by atoms with Crippen molar-refractivity contribution in [2.75, 3.05) is 7.11 Å². The van der Waals surface area contributed by atoms with E-state index in [9.17, 15) is 15.0 Å². The lowest BCUT2D eigenvalue weighted by Gasteiger charge is -2.25. The molecule has 18 heavy (non-hydrogen) atoms. The molecule has 2 atom stereocenters. The Morgan fingerprint density at radius 3 is 2.44 bits per heavy atom. The van der Waals surface area contributed by atoms with Crippen LogP contribution in [-0.2, 0) is 11.3 Å². The Labute approximate surface area is 106 Å². The Bertz CT molecular complexity index is 398. The van der Waals surface area contributed by atoms with E-state index in [0.29, 0.717) is 0 Å². The summed E-state index contributed by atoms with van der Waals surface area (Å²) in [5.74, 6) is 0.134. The van der Waals surface area contributed by atoms with Crippen molar-refractivity contribution in [2.24, 2.45) is 0 Å². The third kappa shape index (κ3) is 3.45. The van der Waals surface area contributed by atoms with Crippen molar-refractivity contribution in [3.8, 4) is 5.75 Å². The molecule has 0 aromatic heterocycles. The number of carbonyl (C=O) groups is 1. The number of carbonyl (C=O) groups excluding carboxylic acids is 1. The van der Waals surface area contributed by atoms with Crippen LogP contribution in [0.4, 0.5) is 0 Å². The fourth-order valence-electron chi connectivity index (χ4n) is 1.29. The van der Waals surface area contributed by atoms with Crippen molar-refractivity contribution >= 4 is 5.91 Å². The molecule has 0 saturated heterocycles. The largest absolute Gasteiger partial charge is 0.497 e. The van der Waals surface area contributed by atoms with E-state index >= 15 is 0 Å². The van der Waals surface area contributed by atoms with Crippen LogP contribution < -0.4 is 10.1 Å². The van der Waals surface area contributed by atoms with Gasteiger partial charge in [0.25, 0.3) is 5.91 Å². The Hall–Kier alpha value is -1.59. The van der Waals surface area contributed by atoms with Crippen molar-refractivity contribution in [1.29, 1.82) is 0 Å². The number of hydrogen-bond donors (Lipinski definition) is 3. The summed E-state index contributed by atoms with van der Waals surface area (Å²) >= 11 is 0. The van der Waals surface area contributed by atoms with Crippen LogP contribution in [0.5, 0.6) is 5.75 Å². The summed E-state index contributed by atoms with van der Waals surface area (Å²) in [6, 6.07) is 7.20. The molecule has 0 aliphatic carbocycles. The van der Waals surface area contributed by atoms with E-state index in [4.69, 9.17) is 4.74 Å². The summed E-state index contributed by atoms with van der Waals surface area (Å²) in [6.45, 7) is 2.93. The molecule has 1 aromatic rings.